The lowest BCUT2D eigenvalue weighted by Crippen LogP contribution is -2.48. The summed E-state index contributed by atoms with van der Waals surface area (Å²) in [5, 5.41) is 3.39. The SMILES string of the molecule is CC(=O)N1CCN(c2cc(C)nc(C3CCNCC3)n2)CC1. The van der Waals surface area contributed by atoms with Gasteiger partial charge in [0.25, 0.3) is 0 Å². The molecule has 1 aromatic heterocycles. The predicted molar refractivity (Wildman–Crippen MR) is 86.1 cm³/mol. The van der Waals surface area contributed by atoms with Crippen molar-refractivity contribution in [2.24, 2.45) is 0 Å². The van der Waals surface area contributed by atoms with Gasteiger partial charge in [0.05, 0.1) is 0 Å². The number of hydrogen-bond acceptors (Lipinski definition) is 5. The highest BCUT2D eigenvalue weighted by molar-refractivity contribution is 5.73. The lowest BCUT2D eigenvalue weighted by Gasteiger charge is -2.35. The Labute approximate surface area is 131 Å². The Bertz CT molecular complexity index is 533. The second kappa shape index (κ2) is 6.60. The Kier molecular flexibility index (Phi) is 4.57. The molecule has 0 aromatic carbocycles. The molecule has 2 fully saturated rings. The third-order valence-corrected chi connectivity index (χ3v) is 4.61. The Morgan fingerprint density at radius 1 is 1.18 bits per heavy atom. The van der Waals surface area contributed by atoms with E-state index in [1.807, 2.05) is 11.8 Å². The highest BCUT2D eigenvalue weighted by atomic mass is 16.2. The third kappa shape index (κ3) is 3.38. The van der Waals surface area contributed by atoms with Crippen LogP contribution < -0.4 is 10.2 Å². The zero-order valence-corrected chi connectivity index (χ0v) is 13.5. The number of carbonyl (C=O) groups excluding carboxylic acids is 1. The van der Waals surface area contributed by atoms with Gasteiger partial charge in [0, 0.05) is 50.8 Å². The van der Waals surface area contributed by atoms with E-state index in [4.69, 9.17) is 4.98 Å². The van der Waals surface area contributed by atoms with E-state index in [9.17, 15) is 4.79 Å². The molecule has 2 saturated heterocycles. The van der Waals surface area contributed by atoms with Crippen molar-refractivity contribution < 1.29 is 4.79 Å². The summed E-state index contributed by atoms with van der Waals surface area (Å²) in [5.74, 6) is 2.64. The van der Waals surface area contributed by atoms with Crippen molar-refractivity contribution >= 4 is 11.7 Å². The van der Waals surface area contributed by atoms with Crippen molar-refractivity contribution in [3.63, 3.8) is 0 Å². The van der Waals surface area contributed by atoms with Crippen LogP contribution in [0.5, 0.6) is 0 Å². The van der Waals surface area contributed by atoms with Crippen LogP contribution in [0.25, 0.3) is 0 Å². The Balaban J connectivity index is 1.74. The van der Waals surface area contributed by atoms with Gasteiger partial charge in [-0.25, -0.2) is 9.97 Å². The number of anilines is 1. The average molecular weight is 303 g/mol. The van der Waals surface area contributed by atoms with Crippen molar-refractivity contribution in [1.29, 1.82) is 0 Å². The fourth-order valence-corrected chi connectivity index (χ4v) is 3.25. The Morgan fingerprint density at radius 3 is 2.50 bits per heavy atom. The first-order valence-electron chi connectivity index (χ1n) is 8.20. The van der Waals surface area contributed by atoms with Gasteiger partial charge in [0.1, 0.15) is 11.6 Å². The molecule has 0 atom stereocenters. The van der Waals surface area contributed by atoms with Crippen molar-refractivity contribution in [2.45, 2.75) is 32.6 Å². The minimum Gasteiger partial charge on any atom is -0.353 e. The molecule has 22 heavy (non-hydrogen) atoms. The van der Waals surface area contributed by atoms with Crippen LogP contribution in [0.3, 0.4) is 0 Å². The molecular weight excluding hydrogens is 278 g/mol. The highest BCUT2D eigenvalue weighted by Gasteiger charge is 2.23. The molecule has 0 saturated carbocycles. The van der Waals surface area contributed by atoms with Gasteiger partial charge in [-0.1, -0.05) is 0 Å². The van der Waals surface area contributed by atoms with Gasteiger partial charge in [-0.15, -0.1) is 0 Å². The van der Waals surface area contributed by atoms with Crippen LogP contribution in [0.15, 0.2) is 6.07 Å². The molecule has 2 aliphatic rings. The highest BCUT2D eigenvalue weighted by Crippen LogP contribution is 2.25. The molecule has 6 heteroatoms. The fourth-order valence-electron chi connectivity index (χ4n) is 3.25. The van der Waals surface area contributed by atoms with E-state index in [-0.39, 0.29) is 5.91 Å². The third-order valence-electron chi connectivity index (χ3n) is 4.61. The summed E-state index contributed by atoms with van der Waals surface area (Å²) >= 11 is 0. The van der Waals surface area contributed by atoms with E-state index >= 15 is 0 Å². The molecule has 0 aliphatic carbocycles. The molecule has 2 aliphatic heterocycles. The predicted octanol–water partition coefficient (Wildman–Crippen LogP) is 0.921. The van der Waals surface area contributed by atoms with Crippen molar-refractivity contribution in [3.8, 4) is 0 Å². The summed E-state index contributed by atoms with van der Waals surface area (Å²) in [4.78, 5) is 25.1. The van der Waals surface area contributed by atoms with Gasteiger partial charge in [0.15, 0.2) is 0 Å². The molecule has 0 spiro atoms. The molecule has 1 N–H and O–H groups in total. The lowest BCUT2D eigenvalue weighted by atomic mass is 9.97. The molecular formula is C16H25N5O. The maximum absolute atomic E-state index is 11.4. The standard InChI is InChI=1S/C16H25N5O/c1-12-11-15(21-9-7-20(8-10-21)13(2)22)19-16(18-12)14-3-5-17-6-4-14/h11,14,17H,3-10H2,1-2H3. The largest absolute Gasteiger partial charge is 0.353 e. The smallest absolute Gasteiger partial charge is 0.219 e. The van der Waals surface area contributed by atoms with Crippen LogP contribution in [-0.2, 0) is 4.79 Å². The van der Waals surface area contributed by atoms with Crippen LogP contribution in [0.4, 0.5) is 5.82 Å². The van der Waals surface area contributed by atoms with E-state index in [1.54, 1.807) is 6.92 Å². The van der Waals surface area contributed by atoms with Crippen LogP contribution in [0.2, 0.25) is 0 Å². The molecule has 0 radical (unpaired) electrons. The quantitative estimate of drug-likeness (QED) is 0.880. The average Bonchev–Trinajstić information content (AvgIpc) is 2.55. The van der Waals surface area contributed by atoms with E-state index < -0.39 is 0 Å². The van der Waals surface area contributed by atoms with E-state index in [2.05, 4.69) is 21.3 Å². The number of aromatic nitrogens is 2. The van der Waals surface area contributed by atoms with Gasteiger partial charge in [-0.05, 0) is 32.9 Å². The number of piperazine rings is 1. The minimum absolute atomic E-state index is 0.161. The zero-order valence-electron chi connectivity index (χ0n) is 13.5. The molecule has 120 valence electrons. The Morgan fingerprint density at radius 2 is 1.86 bits per heavy atom. The second-order valence-electron chi connectivity index (χ2n) is 6.24. The van der Waals surface area contributed by atoms with Crippen LogP contribution >= 0.6 is 0 Å². The molecule has 1 amide bonds. The molecule has 6 nitrogen and oxygen atoms in total. The molecule has 3 heterocycles. The number of nitrogens with one attached hydrogen (secondary N) is 1. The first kappa shape index (κ1) is 15.2. The first-order valence-corrected chi connectivity index (χ1v) is 8.20. The first-order chi connectivity index (χ1) is 10.6. The van der Waals surface area contributed by atoms with Crippen LogP contribution in [0, 0.1) is 6.92 Å². The number of amides is 1. The lowest BCUT2D eigenvalue weighted by molar-refractivity contribution is -0.129. The van der Waals surface area contributed by atoms with E-state index in [1.165, 1.54) is 0 Å². The zero-order chi connectivity index (χ0) is 15.5. The number of carbonyl (C=O) groups is 1. The number of aryl methyl sites for hydroxylation is 1. The Hall–Kier alpha value is -1.69. The number of nitrogens with zero attached hydrogens (tertiary/aromatic N) is 4. The normalized spacial score (nSPS) is 20.3. The molecule has 0 bridgehead atoms. The second-order valence-corrected chi connectivity index (χ2v) is 6.24. The molecule has 0 unspecified atom stereocenters. The summed E-state index contributed by atoms with van der Waals surface area (Å²) in [5.41, 5.74) is 1.03. The monoisotopic (exact) mass is 303 g/mol. The van der Waals surface area contributed by atoms with E-state index in [0.29, 0.717) is 5.92 Å². The summed E-state index contributed by atoms with van der Waals surface area (Å²) in [6.45, 7) is 9.04. The van der Waals surface area contributed by atoms with Gasteiger partial charge in [-0.3, -0.25) is 4.79 Å². The van der Waals surface area contributed by atoms with Gasteiger partial charge in [-0.2, -0.15) is 0 Å². The number of piperidine rings is 1. The van der Waals surface area contributed by atoms with Crippen LogP contribution in [0.1, 0.15) is 37.2 Å². The summed E-state index contributed by atoms with van der Waals surface area (Å²) in [7, 11) is 0. The van der Waals surface area contributed by atoms with Gasteiger partial charge < -0.3 is 15.1 Å². The maximum Gasteiger partial charge on any atom is 0.219 e. The maximum atomic E-state index is 11.4. The van der Waals surface area contributed by atoms with Crippen LogP contribution in [-0.4, -0.2) is 60.0 Å². The van der Waals surface area contributed by atoms with Crippen molar-refractivity contribution in [1.82, 2.24) is 20.2 Å². The summed E-state index contributed by atoms with van der Waals surface area (Å²) in [6, 6.07) is 2.06. The van der Waals surface area contributed by atoms with Gasteiger partial charge >= 0.3 is 0 Å². The van der Waals surface area contributed by atoms with Gasteiger partial charge in [0.2, 0.25) is 5.91 Å². The number of rotatable bonds is 2. The van der Waals surface area contributed by atoms with E-state index in [0.717, 1.165) is 69.4 Å². The number of hydrogen-bond donors (Lipinski definition) is 1. The molecule has 3 rings (SSSR count). The topological polar surface area (TPSA) is 61.4 Å². The summed E-state index contributed by atoms with van der Waals surface area (Å²) in [6.07, 6.45) is 2.22. The molecule has 1 aromatic rings. The fraction of sp³-hybridized carbons (Fsp3) is 0.688. The van der Waals surface area contributed by atoms with Crippen molar-refractivity contribution in [3.05, 3.63) is 17.6 Å². The van der Waals surface area contributed by atoms with Crippen molar-refractivity contribution in [2.75, 3.05) is 44.2 Å². The summed E-state index contributed by atoms with van der Waals surface area (Å²) < 4.78 is 0. The minimum atomic E-state index is 0.161.